The van der Waals surface area contributed by atoms with Gasteiger partial charge in [-0.2, -0.15) is 0 Å². The second-order valence-corrected chi connectivity index (χ2v) is 4.30. The van der Waals surface area contributed by atoms with Crippen LogP contribution in [-0.4, -0.2) is 37.0 Å². The van der Waals surface area contributed by atoms with E-state index < -0.39 is 0 Å². The zero-order chi connectivity index (χ0) is 9.97. The molecule has 1 amide bonds. The van der Waals surface area contributed by atoms with Crippen molar-refractivity contribution >= 4 is 5.91 Å². The average molecular weight is 194 g/mol. The average Bonchev–Trinajstić information content (AvgIpc) is 2.64. The highest BCUT2D eigenvalue weighted by atomic mass is 16.2. The fourth-order valence-corrected chi connectivity index (χ4v) is 2.51. The molecule has 3 heteroatoms. The Kier molecular flexibility index (Phi) is 2.87. The summed E-state index contributed by atoms with van der Waals surface area (Å²) in [5, 5.41) is 3.40. The minimum absolute atomic E-state index is 0.241. The van der Waals surface area contributed by atoms with Crippen LogP contribution < -0.4 is 5.32 Å². The SMILES string of the molecule is C=CCC(=O)N1CCC2CNCC2C1. The summed E-state index contributed by atoms with van der Waals surface area (Å²) >= 11 is 0. The van der Waals surface area contributed by atoms with E-state index >= 15 is 0 Å². The van der Waals surface area contributed by atoms with Crippen LogP contribution in [0.25, 0.3) is 0 Å². The molecule has 0 aromatic heterocycles. The van der Waals surface area contributed by atoms with Crippen LogP contribution in [-0.2, 0) is 4.79 Å². The Morgan fingerprint density at radius 1 is 1.50 bits per heavy atom. The van der Waals surface area contributed by atoms with Crippen molar-refractivity contribution in [2.24, 2.45) is 11.8 Å². The van der Waals surface area contributed by atoms with Gasteiger partial charge in [0, 0.05) is 19.5 Å². The molecule has 0 bridgehead atoms. The van der Waals surface area contributed by atoms with Gasteiger partial charge >= 0.3 is 0 Å². The molecule has 2 saturated heterocycles. The number of hydrogen-bond donors (Lipinski definition) is 1. The lowest BCUT2D eigenvalue weighted by Crippen LogP contribution is -2.43. The number of fused-ring (bicyclic) bond motifs is 1. The highest BCUT2D eigenvalue weighted by Gasteiger charge is 2.33. The third kappa shape index (κ3) is 1.82. The van der Waals surface area contributed by atoms with Crippen molar-refractivity contribution < 1.29 is 4.79 Å². The van der Waals surface area contributed by atoms with Crippen molar-refractivity contribution in [3.8, 4) is 0 Å². The summed E-state index contributed by atoms with van der Waals surface area (Å²) in [6, 6.07) is 0. The van der Waals surface area contributed by atoms with Crippen LogP contribution in [0.3, 0.4) is 0 Å². The van der Waals surface area contributed by atoms with Gasteiger partial charge in [-0.05, 0) is 31.3 Å². The zero-order valence-corrected chi connectivity index (χ0v) is 8.54. The molecule has 2 rings (SSSR count). The molecular weight excluding hydrogens is 176 g/mol. The fourth-order valence-electron chi connectivity index (χ4n) is 2.51. The fraction of sp³-hybridized carbons (Fsp3) is 0.727. The van der Waals surface area contributed by atoms with Gasteiger partial charge < -0.3 is 10.2 Å². The van der Waals surface area contributed by atoms with Gasteiger partial charge in [0.1, 0.15) is 0 Å². The van der Waals surface area contributed by atoms with Crippen molar-refractivity contribution in [3.05, 3.63) is 12.7 Å². The minimum Gasteiger partial charge on any atom is -0.342 e. The molecule has 0 radical (unpaired) electrons. The molecular formula is C11H18N2O. The molecule has 2 aliphatic rings. The molecule has 2 unspecified atom stereocenters. The molecule has 0 aromatic carbocycles. The summed E-state index contributed by atoms with van der Waals surface area (Å²) in [5.74, 6) is 1.74. The van der Waals surface area contributed by atoms with E-state index in [-0.39, 0.29) is 5.91 Å². The first-order valence-electron chi connectivity index (χ1n) is 5.40. The molecule has 14 heavy (non-hydrogen) atoms. The second kappa shape index (κ2) is 4.13. The number of hydrogen-bond acceptors (Lipinski definition) is 2. The van der Waals surface area contributed by atoms with E-state index in [1.165, 1.54) is 6.42 Å². The number of amides is 1. The monoisotopic (exact) mass is 194 g/mol. The first-order chi connectivity index (χ1) is 6.81. The van der Waals surface area contributed by atoms with Gasteiger partial charge in [-0.15, -0.1) is 6.58 Å². The number of carbonyl (C=O) groups is 1. The van der Waals surface area contributed by atoms with E-state index in [9.17, 15) is 4.79 Å². The summed E-state index contributed by atoms with van der Waals surface area (Å²) in [6.07, 6.45) is 3.35. The van der Waals surface area contributed by atoms with E-state index in [4.69, 9.17) is 0 Å². The smallest absolute Gasteiger partial charge is 0.226 e. The highest BCUT2D eigenvalue weighted by molar-refractivity contribution is 5.77. The number of likely N-dealkylation sites (tertiary alicyclic amines) is 1. The maximum atomic E-state index is 11.6. The molecule has 2 aliphatic heterocycles. The highest BCUT2D eigenvalue weighted by Crippen LogP contribution is 2.26. The summed E-state index contributed by atoms with van der Waals surface area (Å²) < 4.78 is 0. The molecule has 2 fully saturated rings. The Hall–Kier alpha value is -0.830. The maximum absolute atomic E-state index is 11.6. The molecule has 0 aliphatic carbocycles. The van der Waals surface area contributed by atoms with Crippen LogP contribution in [0.4, 0.5) is 0 Å². The third-order valence-corrected chi connectivity index (χ3v) is 3.38. The maximum Gasteiger partial charge on any atom is 0.226 e. The topological polar surface area (TPSA) is 32.3 Å². The quantitative estimate of drug-likeness (QED) is 0.654. The Balaban J connectivity index is 1.90. The number of piperidine rings is 1. The Morgan fingerprint density at radius 2 is 2.29 bits per heavy atom. The number of carbonyl (C=O) groups excluding carboxylic acids is 1. The standard InChI is InChI=1S/C11H18N2O/c1-2-3-11(14)13-5-4-9-6-12-7-10(9)8-13/h2,9-10,12H,1,3-8H2. The largest absolute Gasteiger partial charge is 0.342 e. The van der Waals surface area contributed by atoms with Crippen LogP contribution in [0.2, 0.25) is 0 Å². The van der Waals surface area contributed by atoms with E-state index in [1.54, 1.807) is 6.08 Å². The molecule has 0 aromatic rings. The Labute approximate surface area is 85.2 Å². The van der Waals surface area contributed by atoms with Gasteiger partial charge in [0.2, 0.25) is 5.91 Å². The number of nitrogens with zero attached hydrogens (tertiary/aromatic N) is 1. The molecule has 3 nitrogen and oxygen atoms in total. The molecule has 2 heterocycles. The molecule has 0 spiro atoms. The lowest BCUT2D eigenvalue weighted by Gasteiger charge is -2.34. The van der Waals surface area contributed by atoms with Gasteiger partial charge in [-0.25, -0.2) is 0 Å². The van der Waals surface area contributed by atoms with Crippen LogP contribution >= 0.6 is 0 Å². The van der Waals surface area contributed by atoms with Crippen molar-refractivity contribution in [1.82, 2.24) is 10.2 Å². The molecule has 1 N–H and O–H groups in total. The zero-order valence-electron chi connectivity index (χ0n) is 8.54. The Bertz CT molecular complexity index is 239. The van der Waals surface area contributed by atoms with Gasteiger partial charge in [-0.3, -0.25) is 4.79 Å². The summed E-state index contributed by atoms with van der Waals surface area (Å²) in [4.78, 5) is 13.6. The predicted molar refractivity (Wildman–Crippen MR) is 55.9 cm³/mol. The van der Waals surface area contributed by atoms with Crippen molar-refractivity contribution in [3.63, 3.8) is 0 Å². The summed E-state index contributed by atoms with van der Waals surface area (Å²) in [5.41, 5.74) is 0. The lowest BCUT2D eigenvalue weighted by molar-refractivity contribution is -0.132. The van der Waals surface area contributed by atoms with Crippen molar-refractivity contribution in [2.45, 2.75) is 12.8 Å². The molecule has 2 atom stereocenters. The van der Waals surface area contributed by atoms with Crippen molar-refractivity contribution in [1.29, 1.82) is 0 Å². The van der Waals surface area contributed by atoms with Gasteiger partial charge in [-0.1, -0.05) is 6.08 Å². The second-order valence-electron chi connectivity index (χ2n) is 4.30. The normalized spacial score (nSPS) is 31.3. The van der Waals surface area contributed by atoms with Crippen LogP contribution in [0.5, 0.6) is 0 Å². The molecule has 78 valence electrons. The third-order valence-electron chi connectivity index (χ3n) is 3.38. The first-order valence-corrected chi connectivity index (χ1v) is 5.40. The van der Waals surface area contributed by atoms with E-state index in [0.717, 1.165) is 32.1 Å². The predicted octanol–water partition coefficient (Wildman–Crippen LogP) is 0.630. The van der Waals surface area contributed by atoms with E-state index in [2.05, 4.69) is 11.9 Å². The molecule has 0 saturated carbocycles. The van der Waals surface area contributed by atoms with Crippen LogP contribution in [0.15, 0.2) is 12.7 Å². The Morgan fingerprint density at radius 3 is 3.07 bits per heavy atom. The van der Waals surface area contributed by atoms with Crippen molar-refractivity contribution in [2.75, 3.05) is 26.2 Å². The summed E-state index contributed by atoms with van der Waals surface area (Å²) in [6.45, 7) is 7.72. The lowest BCUT2D eigenvalue weighted by atomic mass is 9.88. The van der Waals surface area contributed by atoms with Gasteiger partial charge in [0.05, 0.1) is 0 Å². The van der Waals surface area contributed by atoms with Gasteiger partial charge in [0.25, 0.3) is 0 Å². The van der Waals surface area contributed by atoms with Gasteiger partial charge in [0.15, 0.2) is 0 Å². The number of rotatable bonds is 2. The minimum atomic E-state index is 0.241. The van der Waals surface area contributed by atoms with E-state index in [0.29, 0.717) is 12.3 Å². The van der Waals surface area contributed by atoms with Crippen LogP contribution in [0, 0.1) is 11.8 Å². The summed E-state index contributed by atoms with van der Waals surface area (Å²) in [7, 11) is 0. The number of nitrogens with one attached hydrogen (secondary N) is 1. The first kappa shape index (κ1) is 9.71. The van der Waals surface area contributed by atoms with Crippen LogP contribution in [0.1, 0.15) is 12.8 Å². The van der Waals surface area contributed by atoms with E-state index in [1.807, 2.05) is 4.90 Å².